The van der Waals surface area contributed by atoms with Gasteiger partial charge in [-0.15, -0.1) is 11.8 Å². The summed E-state index contributed by atoms with van der Waals surface area (Å²) >= 11 is 7.13. The first-order chi connectivity index (χ1) is 9.13. The van der Waals surface area contributed by atoms with Gasteiger partial charge < -0.3 is 5.32 Å². The van der Waals surface area contributed by atoms with E-state index in [1.165, 1.54) is 23.9 Å². The van der Waals surface area contributed by atoms with Gasteiger partial charge in [0, 0.05) is 4.90 Å². The number of carbonyl (C=O) groups is 1. The fourth-order valence-electron chi connectivity index (χ4n) is 1.62. The molecule has 0 aliphatic heterocycles. The van der Waals surface area contributed by atoms with Crippen molar-refractivity contribution in [2.24, 2.45) is 0 Å². The van der Waals surface area contributed by atoms with Crippen molar-refractivity contribution in [3.05, 3.63) is 58.9 Å². The van der Waals surface area contributed by atoms with Gasteiger partial charge in [0.05, 0.1) is 16.3 Å². The average molecular weight is 296 g/mol. The van der Waals surface area contributed by atoms with Crippen molar-refractivity contribution in [2.75, 3.05) is 11.6 Å². The topological polar surface area (TPSA) is 29.1 Å². The molecule has 0 aliphatic rings. The Morgan fingerprint density at radius 2 is 1.95 bits per heavy atom. The standard InChI is InChI=1S/C14H11ClFNOS/c1-19-12-8-3-2-5-9(12)14(18)17-11-7-4-6-10(15)13(11)16/h2-8H,1H3,(H,17,18). The van der Waals surface area contributed by atoms with Crippen molar-refractivity contribution in [3.8, 4) is 0 Å². The molecule has 5 heteroatoms. The van der Waals surface area contributed by atoms with Gasteiger partial charge in [0.2, 0.25) is 0 Å². The maximum atomic E-state index is 13.7. The Bertz CT molecular complexity index is 618. The Morgan fingerprint density at radius 3 is 2.68 bits per heavy atom. The number of hydrogen-bond donors (Lipinski definition) is 1. The SMILES string of the molecule is CSc1ccccc1C(=O)Nc1cccc(Cl)c1F. The predicted molar refractivity (Wildman–Crippen MR) is 77.6 cm³/mol. The fourth-order valence-corrected chi connectivity index (χ4v) is 2.39. The van der Waals surface area contributed by atoms with Crippen LogP contribution in [0.25, 0.3) is 0 Å². The van der Waals surface area contributed by atoms with E-state index in [0.717, 1.165) is 4.90 Å². The highest BCUT2D eigenvalue weighted by Gasteiger charge is 2.13. The lowest BCUT2D eigenvalue weighted by molar-refractivity contribution is 0.102. The number of halogens is 2. The second-order valence-electron chi connectivity index (χ2n) is 3.76. The molecule has 0 unspecified atom stereocenters. The normalized spacial score (nSPS) is 10.3. The van der Waals surface area contributed by atoms with Crippen LogP contribution in [0.4, 0.5) is 10.1 Å². The van der Waals surface area contributed by atoms with Crippen LogP contribution in [-0.4, -0.2) is 12.2 Å². The Balaban J connectivity index is 2.28. The monoisotopic (exact) mass is 295 g/mol. The minimum Gasteiger partial charge on any atom is -0.319 e. The molecule has 98 valence electrons. The van der Waals surface area contributed by atoms with Crippen molar-refractivity contribution < 1.29 is 9.18 Å². The van der Waals surface area contributed by atoms with E-state index >= 15 is 0 Å². The largest absolute Gasteiger partial charge is 0.319 e. The smallest absolute Gasteiger partial charge is 0.256 e. The third kappa shape index (κ3) is 3.08. The van der Waals surface area contributed by atoms with Crippen LogP contribution >= 0.6 is 23.4 Å². The maximum Gasteiger partial charge on any atom is 0.256 e. The van der Waals surface area contributed by atoms with Gasteiger partial charge in [-0.05, 0) is 30.5 Å². The summed E-state index contributed by atoms with van der Waals surface area (Å²) in [6, 6.07) is 11.6. The number of anilines is 1. The second kappa shape index (κ2) is 6.08. The average Bonchev–Trinajstić information content (AvgIpc) is 2.43. The van der Waals surface area contributed by atoms with Gasteiger partial charge in [-0.1, -0.05) is 29.8 Å². The van der Waals surface area contributed by atoms with E-state index in [9.17, 15) is 9.18 Å². The molecule has 0 saturated heterocycles. The molecule has 1 N–H and O–H groups in total. The minimum absolute atomic E-state index is 0.0176. The summed E-state index contributed by atoms with van der Waals surface area (Å²) in [7, 11) is 0. The number of nitrogens with one attached hydrogen (secondary N) is 1. The first-order valence-electron chi connectivity index (χ1n) is 5.52. The van der Waals surface area contributed by atoms with E-state index in [1.54, 1.807) is 18.2 Å². The minimum atomic E-state index is -0.626. The Kier molecular flexibility index (Phi) is 4.45. The summed E-state index contributed by atoms with van der Waals surface area (Å²) in [5, 5.41) is 2.51. The highest BCUT2D eigenvalue weighted by Crippen LogP contribution is 2.24. The van der Waals surface area contributed by atoms with Gasteiger partial charge in [0.25, 0.3) is 5.91 Å². The number of rotatable bonds is 3. The summed E-state index contributed by atoms with van der Waals surface area (Å²) in [6.45, 7) is 0. The highest BCUT2D eigenvalue weighted by atomic mass is 35.5. The molecule has 0 atom stereocenters. The molecule has 19 heavy (non-hydrogen) atoms. The summed E-state index contributed by atoms with van der Waals surface area (Å²) in [6.07, 6.45) is 1.88. The first-order valence-corrected chi connectivity index (χ1v) is 7.12. The molecule has 0 saturated carbocycles. The molecular formula is C14H11ClFNOS. The maximum absolute atomic E-state index is 13.7. The van der Waals surface area contributed by atoms with Crippen LogP contribution in [-0.2, 0) is 0 Å². The molecule has 2 nitrogen and oxygen atoms in total. The molecule has 0 heterocycles. The van der Waals surface area contributed by atoms with E-state index in [4.69, 9.17) is 11.6 Å². The summed E-state index contributed by atoms with van der Waals surface area (Å²) in [5.74, 6) is -0.981. The molecular weight excluding hydrogens is 285 g/mol. The lowest BCUT2D eigenvalue weighted by Gasteiger charge is -2.09. The number of thioether (sulfide) groups is 1. The lowest BCUT2D eigenvalue weighted by atomic mass is 10.2. The number of carbonyl (C=O) groups excluding carboxylic acids is 1. The molecule has 0 aromatic heterocycles. The van der Waals surface area contributed by atoms with Gasteiger partial charge >= 0.3 is 0 Å². The van der Waals surface area contributed by atoms with Gasteiger partial charge in [0.1, 0.15) is 0 Å². The van der Waals surface area contributed by atoms with E-state index in [-0.39, 0.29) is 16.6 Å². The van der Waals surface area contributed by atoms with E-state index in [2.05, 4.69) is 5.32 Å². The highest BCUT2D eigenvalue weighted by molar-refractivity contribution is 7.98. The Hall–Kier alpha value is -1.52. The molecule has 1 amide bonds. The number of amides is 1. The second-order valence-corrected chi connectivity index (χ2v) is 5.01. The first kappa shape index (κ1) is 13.9. The zero-order chi connectivity index (χ0) is 13.8. The van der Waals surface area contributed by atoms with Crippen LogP contribution in [0.15, 0.2) is 47.4 Å². The zero-order valence-electron chi connectivity index (χ0n) is 10.1. The van der Waals surface area contributed by atoms with Crippen LogP contribution in [0.1, 0.15) is 10.4 Å². The van der Waals surface area contributed by atoms with Crippen molar-refractivity contribution in [3.63, 3.8) is 0 Å². The molecule has 0 aliphatic carbocycles. The molecule has 0 bridgehead atoms. The van der Waals surface area contributed by atoms with Gasteiger partial charge in [-0.25, -0.2) is 4.39 Å². The molecule has 2 rings (SSSR count). The van der Waals surface area contributed by atoms with Crippen molar-refractivity contribution in [2.45, 2.75) is 4.90 Å². The van der Waals surface area contributed by atoms with Gasteiger partial charge in [-0.3, -0.25) is 4.79 Å². The zero-order valence-corrected chi connectivity index (χ0v) is 11.7. The summed E-state index contributed by atoms with van der Waals surface area (Å²) in [4.78, 5) is 13.0. The fraction of sp³-hybridized carbons (Fsp3) is 0.0714. The summed E-state index contributed by atoms with van der Waals surface area (Å²) in [5.41, 5.74) is 0.586. The van der Waals surface area contributed by atoms with Crippen LogP contribution in [0.2, 0.25) is 5.02 Å². The van der Waals surface area contributed by atoms with Crippen LogP contribution in [0.5, 0.6) is 0 Å². The predicted octanol–water partition coefficient (Wildman–Crippen LogP) is 4.45. The van der Waals surface area contributed by atoms with Crippen LogP contribution in [0.3, 0.4) is 0 Å². The van der Waals surface area contributed by atoms with E-state index < -0.39 is 5.82 Å². The van der Waals surface area contributed by atoms with Crippen LogP contribution < -0.4 is 5.32 Å². The van der Waals surface area contributed by atoms with Crippen molar-refractivity contribution in [1.29, 1.82) is 0 Å². The van der Waals surface area contributed by atoms with E-state index in [0.29, 0.717) is 5.56 Å². The molecule has 0 spiro atoms. The lowest BCUT2D eigenvalue weighted by Crippen LogP contribution is -2.14. The van der Waals surface area contributed by atoms with Crippen molar-refractivity contribution in [1.82, 2.24) is 0 Å². The van der Waals surface area contributed by atoms with Gasteiger partial charge in [-0.2, -0.15) is 0 Å². The molecule has 2 aromatic rings. The Labute approximate surface area is 120 Å². The van der Waals surface area contributed by atoms with E-state index in [1.807, 2.05) is 18.4 Å². The third-order valence-corrected chi connectivity index (χ3v) is 3.64. The molecule has 0 radical (unpaired) electrons. The summed E-state index contributed by atoms with van der Waals surface area (Å²) < 4.78 is 13.7. The van der Waals surface area contributed by atoms with Crippen molar-refractivity contribution >= 4 is 35.0 Å². The Morgan fingerprint density at radius 1 is 1.21 bits per heavy atom. The number of benzene rings is 2. The molecule has 2 aromatic carbocycles. The van der Waals surface area contributed by atoms with Gasteiger partial charge in [0.15, 0.2) is 5.82 Å². The quantitative estimate of drug-likeness (QED) is 0.847. The van der Waals surface area contributed by atoms with Crippen LogP contribution in [0, 0.1) is 5.82 Å². The molecule has 0 fully saturated rings. The third-order valence-electron chi connectivity index (χ3n) is 2.55. The number of hydrogen-bond acceptors (Lipinski definition) is 2.